The number of aromatic nitrogens is 3. The number of fused-ring (bicyclic) bond motifs is 1. The fourth-order valence-electron chi connectivity index (χ4n) is 5.80. The summed E-state index contributed by atoms with van der Waals surface area (Å²) in [5.74, 6) is -1.48. The van der Waals surface area contributed by atoms with E-state index in [1.165, 1.54) is 6.07 Å². The van der Waals surface area contributed by atoms with E-state index in [0.717, 1.165) is 38.4 Å². The molecule has 0 spiro atoms. The summed E-state index contributed by atoms with van der Waals surface area (Å²) in [4.78, 5) is 18.6. The van der Waals surface area contributed by atoms with Crippen LogP contribution in [0.25, 0.3) is 11.3 Å². The molecule has 2 aliphatic rings. The number of anilines is 1. The van der Waals surface area contributed by atoms with Crippen LogP contribution < -0.4 is 9.64 Å². The summed E-state index contributed by atoms with van der Waals surface area (Å²) in [5, 5.41) is 0. The Hall–Kier alpha value is -3.38. The first-order valence-electron chi connectivity index (χ1n) is 14.6. The largest absolute Gasteiger partial charge is 0.486 e. The SMILES string of the molecule is CC(C)N1CCOc2c(F)cc(-c3nc(Cc4ccc(C5CCN(CCN(C)C)CC5)c(C(F)(F)F)n4)ncc3F)cc21. The van der Waals surface area contributed by atoms with Crippen molar-refractivity contribution in [3.8, 4) is 17.0 Å². The molecule has 0 bridgehead atoms. The number of piperidine rings is 1. The third kappa shape index (κ3) is 7.06. The van der Waals surface area contributed by atoms with Gasteiger partial charge in [0, 0.05) is 30.4 Å². The van der Waals surface area contributed by atoms with E-state index < -0.39 is 23.5 Å². The number of likely N-dealkylation sites (tertiary alicyclic amines) is 1. The Labute approximate surface area is 248 Å². The third-order valence-corrected chi connectivity index (χ3v) is 8.09. The van der Waals surface area contributed by atoms with Gasteiger partial charge in [0.05, 0.1) is 24.8 Å². The summed E-state index contributed by atoms with van der Waals surface area (Å²) in [5.41, 5.74) is -0.0470. The normalized spacial score (nSPS) is 16.6. The molecule has 0 amide bonds. The zero-order chi connectivity index (χ0) is 30.9. The smallest absolute Gasteiger partial charge is 0.433 e. The lowest BCUT2D eigenvalue weighted by atomic mass is 9.88. The summed E-state index contributed by atoms with van der Waals surface area (Å²) in [6.07, 6.45) is -2.58. The van der Waals surface area contributed by atoms with Crippen LogP contribution in [0, 0.1) is 11.6 Å². The van der Waals surface area contributed by atoms with Gasteiger partial charge in [-0.25, -0.2) is 23.7 Å². The zero-order valence-electron chi connectivity index (χ0n) is 24.9. The van der Waals surface area contributed by atoms with Crippen molar-refractivity contribution in [2.45, 2.75) is 51.2 Å². The number of rotatable bonds is 8. The van der Waals surface area contributed by atoms with Crippen molar-refractivity contribution in [1.29, 1.82) is 0 Å². The Morgan fingerprint density at radius 1 is 1.02 bits per heavy atom. The minimum Gasteiger partial charge on any atom is -0.486 e. The van der Waals surface area contributed by atoms with Crippen LogP contribution in [0.1, 0.15) is 55.4 Å². The number of nitrogens with zero attached hydrogens (tertiary/aromatic N) is 6. The molecule has 12 heteroatoms. The van der Waals surface area contributed by atoms with E-state index in [1.54, 1.807) is 12.1 Å². The average Bonchev–Trinajstić information content (AvgIpc) is 2.96. The van der Waals surface area contributed by atoms with Gasteiger partial charge in [0.25, 0.3) is 0 Å². The molecule has 0 saturated carbocycles. The van der Waals surface area contributed by atoms with E-state index in [2.05, 4.69) is 24.8 Å². The van der Waals surface area contributed by atoms with Gasteiger partial charge in [-0.3, -0.25) is 0 Å². The van der Waals surface area contributed by atoms with E-state index in [0.29, 0.717) is 31.7 Å². The van der Waals surface area contributed by atoms with Crippen molar-refractivity contribution >= 4 is 5.69 Å². The van der Waals surface area contributed by atoms with Crippen molar-refractivity contribution < 1.29 is 26.7 Å². The molecule has 0 unspecified atom stereocenters. The van der Waals surface area contributed by atoms with E-state index in [9.17, 15) is 17.6 Å². The summed E-state index contributed by atoms with van der Waals surface area (Å²) < 4.78 is 78.1. The van der Waals surface area contributed by atoms with Crippen molar-refractivity contribution in [3.05, 3.63) is 64.9 Å². The molecule has 3 aromatic rings. The zero-order valence-corrected chi connectivity index (χ0v) is 24.9. The number of hydrogen-bond donors (Lipinski definition) is 0. The van der Waals surface area contributed by atoms with Gasteiger partial charge >= 0.3 is 6.18 Å². The predicted molar refractivity (Wildman–Crippen MR) is 154 cm³/mol. The quantitative estimate of drug-likeness (QED) is 0.303. The van der Waals surface area contributed by atoms with Gasteiger partial charge in [-0.2, -0.15) is 13.2 Å². The lowest BCUT2D eigenvalue weighted by Crippen LogP contribution is -2.38. The number of hydrogen-bond acceptors (Lipinski definition) is 7. The van der Waals surface area contributed by atoms with Crippen LogP contribution in [0.3, 0.4) is 0 Å². The lowest BCUT2D eigenvalue weighted by molar-refractivity contribution is -0.142. The Bertz CT molecular complexity index is 1440. The molecule has 0 aliphatic carbocycles. The fourth-order valence-corrected chi connectivity index (χ4v) is 5.80. The van der Waals surface area contributed by atoms with Crippen LogP contribution in [0.2, 0.25) is 0 Å². The predicted octanol–water partition coefficient (Wildman–Crippen LogP) is 5.77. The van der Waals surface area contributed by atoms with Gasteiger partial charge in [-0.15, -0.1) is 0 Å². The minimum atomic E-state index is -4.63. The number of alkyl halides is 3. The molecule has 0 N–H and O–H groups in total. The number of halogens is 5. The standard InChI is InChI=1S/C31H37F5N6O/c1-19(2)42-13-14-43-29-24(32)15-21(16-26(29)42)28-25(33)18-37-27(39-28)17-22-5-6-23(30(38-22)31(34,35)36)20-7-9-41(10-8-20)12-11-40(3)4/h5-6,15-16,18-20H,7-14,17H2,1-4H3. The molecule has 232 valence electrons. The highest BCUT2D eigenvalue weighted by Gasteiger charge is 2.38. The molecular weight excluding hydrogens is 567 g/mol. The summed E-state index contributed by atoms with van der Waals surface area (Å²) in [7, 11) is 3.99. The molecule has 5 rings (SSSR count). The summed E-state index contributed by atoms with van der Waals surface area (Å²) in [6, 6.07) is 5.89. The maximum Gasteiger partial charge on any atom is 0.433 e. The first kappa shape index (κ1) is 31.1. The highest BCUT2D eigenvalue weighted by Crippen LogP contribution is 2.40. The molecule has 4 heterocycles. The third-order valence-electron chi connectivity index (χ3n) is 8.09. The van der Waals surface area contributed by atoms with Gasteiger partial charge < -0.3 is 19.4 Å². The van der Waals surface area contributed by atoms with Crippen molar-refractivity contribution in [2.75, 3.05) is 58.3 Å². The minimum absolute atomic E-state index is 0.0515. The number of benzene rings is 1. The fraction of sp³-hybridized carbons (Fsp3) is 0.516. The van der Waals surface area contributed by atoms with Crippen LogP contribution >= 0.6 is 0 Å². The Morgan fingerprint density at radius 3 is 2.44 bits per heavy atom. The van der Waals surface area contributed by atoms with Crippen molar-refractivity contribution in [3.63, 3.8) is 0 Å². The second-order valence-corrected chi connectivity index (χ2v) is 11.8. The first-order valence-corrected chi connectivity index (χ1v) is 14.6. The Kier molecular flexibility index (Phi) is 9.17. The van der Waals surface area contributed by atoms with Crippen LogP contribution in [0.4, 0.5) is 27.6 Å². The molecule has 1 fully saturated rings. The van der Waals surface area contributed by atoms with E-state index >= 15 is 4.39 Å². The van der Waals surface area contributed by atoms with Crippen molar-refractivity contribution in [2.24, 2.45) is 0 Å². The second kappa shape index (κ2) is 12.7. The number of pyridine rings is 1. The maximum absolute atomic E-state index is 15.0. The van der Waals surface area contributed by atoms with Crippen molar-refractivity contribution in [1.82, 2.24) is 24.8 Å². The molecule has 0 atom stereocenters. The van der Waals surface area contributed by atoms with Gasteiger partial charge in [0.1, 0.15) is 23.8 Å². The van der Waals surface area contributed by atoms with E-state index in [4.69, 9.17) is 4.74 Å². The van der Waals surface area contributed by atoms with Gasteiger partial charge in [0.2, 0.25) is 0 Å². The molecule has 7 nitrogen and oxygen atoms in total. The molecule has 0 radical (unpaired) electrons. The first-order chi connectivity index (χ1) is 20.4. The van der Waals surface area contributed by atoms with E-state index in [-0.39, 0.29) is 52.5 Å². The highest BCUT2D eigenvalue weighted by atomic mass is 19.4. The van der Waals surface area contributed by atoms with Crippen LogP contribution in [-0.2, 0) is 12.6 Å². The monoisotopic (exact) mass is 604 g/mol. The molecule has 43 heavy (non-hydrogen) atoms. The maximum atomic E-state index is 15.0. The average molecular weight is 605 g/mol. The van der Waals surface area contributed by atoms with E-state index in [1.807, 2.05) is 32.8 Å². The summed E-state index contributed by atoms with van der Waals surface area (Å²) in [6.45, 7) is 8.04. The molecular formula is C31H37F5N6O. The Morgan fingerprint density at radius 2 is 1.77 bits per heavy atom. The Balaban J connectivity index is 1.39. The van der Waals surface area contributed by atoms with Gasteiger partial charge in [0.15, 0.2) is 17.4 Å². The van der Waals surface area contributed by atoms with Gasteiger partial charge in [-0.1, -0.05) is 6.07 Å². The van der Waals surface area contributed by atoms with Gasteiger partial charge in [-0.05, 0) is 83.6 Å². The lowest BCUT2D eigenvalue weighted by Gasteiger charge is -2.34. The molecule has 1 aromatic carbocycles. The second-order valence-electron chi connectivity index (χ2n) is 11.8. The topological polar surface area (TPSA) is 57.6 Å². The van der Waals surface area contributed by atoms with Crippen LogP contribution in [0.15, 0.2) is 30.5 Å². The molecule has 1 saturated heterocycles. The summed E-state index contributed by atoms with van der Waals surface area (Å²) >= 11 is 0. The van der Waals surface area contributed by atoms with Crippen LogP contribution in [-0.4, -0.2) is 84.2 Å². The highest BCUT2D eigenvalue weighted by molar-refractivity contribution is 5.72. The molecule has 2 aromatic heterocycles. The molecule has 2 aliphatic heterocycles. The number of ether oxygens (including phenoxy) is 1. The van der Waals surface area contributed by atoms with Crippen LogP contribution in [0.5, 0.6) is 5.75 Å². The number of likely N-dealkylation sites (N-methyl/N-ethyl adjacent to an activating group) is 1.